The van der Waals surface area contributed by atoms with Crippen molar-refractivity contribution in [1.82, 2.24) is 0 Å². The first-order valence-electron chi connectivity index (χ1n) is 5.05. The fraction of sp³-hybridized carbons (Fsp3) is 0.700. The molecule has 3 nitrogen and oxygen atoms in total. The summed E-state index contributed by atoms with van der Waals surface area (Å²) in [4.78, 5) is 0. The van der Waals surface area contributed by atoms with Crippen molar-refractivity contribution in [3.05, 3.63) is 11.3 Å². The molecule has 0 fully saturated rings. The monoisotopic (exact) mass is 216 g/mol. The van der Waals surface area contributed by atoms with E-state index < -0.39 is 0 Å². The molecule has 0 aliphatic heterocycles. The Balaban J connectivity index is 4.62. The Hall–Kier alpha value is -0.773. The lowest BCUT2D eigenvalue weighted by Gasteiger charge is -2.13. The molecular weight excluding hydrogens is 196 g/mol. The lowest BCUT2D eigenvalue weighted by atomic mass is 10.8. The molecule has 0 saturated heterocycles. The Labute approximate surface area is 88.5 Å². The molecule has 0 aliphatic carbocycles. The van der Waals surface area contributed by atoms with Crippen LogP contribution in [0.2, 0.25) is 0 Å². The average Bonchev–Trinajstić information content (AvgIpc) is 2.17. The average molecular weight is 216 g/mol. The largest absolute Gasteiger partial charge is 0.492 e. The predicted molar refractivity (Wildman–Crippen MR) is 60.8 cm³/mol. The first-order valence-corrected chi connectivity index (χ1v) is 6.29. The van der Waals surface area contributed by atoms with Crippen molar-refractivity contribution in [1.29, 1.82) is 0 Å². The van der Waals surface area contributed by atoms with E-state index in [0.29, 0.717) is 25.8 Å². The van der Waals surface area contributed by atoms with E-state index in [9.17, 15) is 0 Å². The van der Waals surface area contributed by atoms with Gasteiger partial charge in [0.25, 0.3) is 0 Å². The van der Waals surface area contributed by atoms with Crippen LogP contribution in [-0.4, -0.2) is 34.6 Å². The smallest absolute Gasteiger partial charge is 0.317 e. The van der Waals surface area contributed by atoms with Crippen molar-refractivity contribution in [2.75, 3.05) is 19.8 Å². The van der Waals surface area contributed by atoms with Gasteiger partial charge in [-0.3, -0.25) is 0 Å². The quantitative estimate of drug-likeness (QED) is 0.476. The third-order valence-corrected chi connectivity index (χ3v) is 2.41. The second-order valence-corrected chi connectivity index (χ2v) is 3.98. The molecular formula is C10H20O3Si. The van der Waals surface area contributed by atoms with E-state index in [-0.39, 0.29) is 9.13 Å². The molecule has 14 heavy (non-hydrogen) atoms. The molecule has 82 valence electrons. The molecule has 0 rings (SSSR count). The van der Waals surface area contributed by atoms with Gasteiger partial charge in [0, 0.05) is 0 Å². The third-order valence-electron chi connectivity index (χ3n) is 1.37. The summed E-state index contributed by atoms with van der Waals surface area (Å²) in [7, 11) is 0.00713. The summed E-state index contributed by atoms with van der Waals surface area (Å²) in [6.45, 7) is 9.72. The van der Waals surface area contributed by atoms with Gasteiger partial charge >= 0.3 is 5.95 Å². The Morgan fingerprint density at radius 2 is 1.50 bits per heavy atom. The van der Waals surface area contributed by atoms with Gasteiger partial charge in [-0.25, -0.2) is 0 Å². The van der Waals surface area contributed by atoms with Gasteiger partial charge in [0.15, 0.2) is 5.38 Å². The fourth-order valence-corrected chi connectivity index (χ4v) is 1.80. The van der Waals surface area contributed by atoms with Crippen LogP contribution in [0.15, 0.2) is 11.3 Å². The Morgan fingerprint density at radius 3 is 1.86 bits per heavy atom. The zero-order valence-electron chi connectivity index (χ0n) is 9.50. The molecule has 0 saturated carbocycles. The van der Waals surface area contributed by atoms with E-state index in [1.54, 1.807) is 0 Å². The zero-order valence-corrected chi connectivity index (χ0v) is 10.7. The van der Waals surface area contributed by atoms with E-state index in [1.807, 2.05) is 27.7 Å². The molecule has 0 aromatic rings. The number of hydrogen-bond donors (Lipinski definition) is 0. The Kier molecular flexibility index (Phi) is 8.32. The number of hydrogen-bond acceptors (Lipinski definition) is 3. The highest BCUT2D eigenvalue weighted by Gasteiger charge is 2.06. The van der Waals surface area contributed by atoms with Crippen LogP contribution in [0.3, 0.4) is 0 Å². The van der Waals surface area contributed by atoms with Gasteiger partial charge in [-0.2, -0.15) is 0 Å². The second kappa shape index (κ2) is 8.81. The van der Waals surface area contributed by atoms with Crippen LogP contribution in [0.4, 0.5) is 0 Å². The van der Waals surface area contributed by atoms with Gasteiger partial charge in [0.1, 0.15) is 0 Å². The summed E-state index contributed by atoms with van der Waals surface area (Å²) < 4.78 is 16.3. The maximum absolute atomic E-state index is 5.49. The molecule has 0 unspecified atom stereocenters. The van der Waals surface area contributed by atoms with Crippen molar-refractivity contribution in [3.8, 4) is 0 Å². The standard InChI is InChI=1S/C10H20O3Si/c1-5-11-9(12-6-2)10(13-7-3)14-8-4/h8,14H,5-7H2,1-4H3. The molecule has 0 bridgehead atoms. The summed E-state index contributed by atoms with van der Waals surface area (Å²) in [5.74, 6) is 0.560. The van der Waals surface area contributed by atoms with Crippen LogP contribution in [0.5, 0.6) is 0 Å². The molecule has 0 aromatic heterocycles. The van der Waals surface area contributed by atoms with E-state index >= 15 is 0 Å². The van der Waals surface area contributed by atoms with E-state index in [4.69, 9.17) is 14.2 Å². The summed E-state index contributed by atoms with van der Waals surface area (Å²) >= 11 is 0. The fourth-order valence-electron chi connectivity index (χ4n) is 0.928. The van der Waals surface area contributed by atoms with Crippen molar-refractivity contribution in [2.45, 2.75) is 27.7 Å². The molecule has 0 radical (unpaired) electrons. The summed E-state index contributed by atoms with van der Waals surface area (Å²) in [6, 6.07) is 0. The van der Waals surface area contributed by atoms with Crippen molar-refractivity contribution in [3.63, 3.8) is 0 Å². The minimum atomic E-state index is 0.00713. The van der Waals surface area contributed by atoms with Crippen LogP contribution < -0.4 is 0 Å². The highest BCUT2D eigenvalue weighted by Crippen LogP contribution is 2.07. The molecule has 0 atom stereocenters. The van der Waals surface area contributed by atoms with Crippen LogP contribution in [-0.2, 0) is 14.2 Å². The summed E-state index contributed by atoms with van der Waals surface area (Å²) in [6.07, 6.45) is 0. The van der Waals surface area contributed by atoms with Gasteiger partial charge in [-0.15, -0.1) is 5.67 Å². The maximum atomic E-state index is 5.49. The number of rotatable bonds is 7. The lowest BCUT2D eigenvalue weighted by Crippen LogP contribution is -2.08. The topological polar surface area (TPSA) is 27.7 Å². The zero-order chi connectivity index (χ0) is 10.8. The molecule has 4 heteroatoms. The third kappa shape index (κ3) is 5.06. The minimum Gasteiger partial charge on any atom is -0.492 e. The number of ether oxygens (including phenoxy) is 3. The van der Waals surface area contributed by atoms with E-state index in [0.717, 1.165) is 5.38 Å². The molecule has 0 N–H and O–H groups in total. The first-order chi connectivity index (χ1) is 6.79. The molecule has 0 amide bonds. The molecule has 0 heterocycles. The van der Waals surface area contributed by atoms with E-state index in [2.05, 4.69) is 5.67 Å². The summed E-state index contributed by atoms with van der Waals surface area (Å²) in [5.41, 5.74) is 2.10. The lowest BCUT2D eigenvalue weighted by molar-refractivity contribution is 0.0287. The Bertz CT molecular complexity index is 192. The second-order valence-electron chi connectivity index (χ2n) is 2.45. The molecule has 0 aromatic carbocycles. The summed E-state index contributed by atoms with van der Waals surface area (Å²) in [5, 5.41) is 0.860. The van der Waals surface area contributed by atoms with E-state index in [1.165, 1.54) is 0 Å². The molecule has 0 aliphatic rings. The van der Waals surface area contributed by atoms with Crippen molar-refractivity contribution >= 4 is 14.8 Å². The van der Waals surface area contributed by atoms with Gasteiger partial charge in [0.05, 0.1) is 29.0 Å². The van der Waals surface area contributed by atoms with Crippen molar-refractivity contribution < 1.29 is 14.2 Å². The predicted octanol–water partition coefficient (Wildman–Crippen LogP) is 1.48. The van der Waals surface area contributed by atoms with Gasteiger partial charge in [-0.1, -0.05) is 6.92 Å². The highest BCUT2D eigenvalue weighted by atomic mass is 28.2. The van der Waals surface area contributed by atoms with Gasteiger partial charge < -0.3 is 14.2 Å². The SMILES string of the molecule is CC=[SiH]C(OCC)=C(OCC)OCC. The highest BCUT2D eigenvalue weighted by molar-refractivity contribution is 6.53. The van der Waals surface area contributed by atoms with Crippen LogP contribution in [0.25, 0.3) is 0 Å². The van der Waals surface area contributed by atoms with Crippen LogP contribution >= 0.6 is 0 Å². The van der Waals surface area contributed by atoms with Crippen molar-refractivity contribution in [2.24, 2.45) is 0 Å². The minimum absolute atomic E-state index is 0.00713. The normalized spacial score (nSPS) is 10.0. The van der Waals surface area contributed by atoms with Crippen LogP contribution in [0, 0.1) is 0 Å². The Morgan fingerprint density at radius 1 is 1.00 bits per heavy atom. The van der Waals surface area contributed by atoms with Crippen LogP contribution in [0.1, 0.15) is 27.7 Å². The first kappa shape index (κ1) is 13.2. The van der Waals surface area contributed by atoms with Gasteiger partial charge in [0.2, 0.25) is 0 Å². The maximum Gasteiger partial charge on any atom is 0.317 e. The molecule has 0 spiro atoms. The van der Waals surface area contributed by atoms with Gasteiger partial charge in [-0.05, 0) is 20.8 Å².